The number of hydrogen-bond acceptors (Lipinski definition) is 3. The minimum Gasteiger partial charge on any atom is -0.449 e. The Balaban J connectivity index is 1.75. The molecule has 0 saturated carbocycles. The Labute approximate surface area is 173 Å². The van der Waals surface area contributed by atoms with Crippen LogP contribution in [-0.4, -0.2) is 30.2 Å². The normalized spacial score (nSPS) is 15.3. The van der Waals surface area contributed by atoms with Crippen molar-refractivity contribution in [1.29, 1.82) is 0 Å². The van der Waals surface area contributed by atoms with Gasteiger partial charge < -0.3 is 10.1 Å². The molecular formula is C23H45NO2S. The largest absolute Gasteiger partial charge is 0.449 e. The van der Waals surface area contributed by atoms with Crippen molar-refractivity contribution >= 4 is 17.9 Å². The second-order valence-corrected chi connectivity index (χ2v) is 9.51. The predicted octanol–water partition coefficient (Wildman–Crippen LogP) is 7.34. The van der Waals surface area contributed by atoms with Crippen molar-refractivity contribution in [2.45, 2.75) is 116 Å². The number of amides is 1. The average Bonchev–Trinajstić information content (AvgIpc) is 2.60. The highest BCUT2D eigenvalue weighted by molar-refractivity contribution is 8.00. The first-order valence-electron chi connectivity index (χ1n) is 11.7. The number of carbonyl (C=O) groups is 1. The van der Waals surface area contributed by atoms with Crippen LogP contribution in [-0.2, 0) is 4.74 Å². The van der Waals surface area contributed by atoms with Crippen LogP contribution < -0.4 is 5.32 Å². The van der Waals surface area contributed by atoms with Gasteiger partial charge in [0.25, 0.3) is 0 Å². The minimum absolute atomic E-state index is 0.227. The van der Waals surface area contributed by atoms with Gasteiger partial charge in [0.1, 0.15) is 0 Å². The van der Waals surface area contributed by atoms with Gasteiger partial charge in [-0.3, -0.25) is 0 Å². The van der Waals surface area contributed by atoms with Crippen molar-refractivity contribution in [3.63, 3.8) is 0 Å². The van der Waals surface area contributed by atoms with Crippen LogP contribution in [0.2, 0.25) is 0 Å². The van der Waals surface area contributed by atoms with E-state index in [-0.39, 0.29) is 12.1 Å². The monoisotopic (exact) mass is 399 g/mol. The van der Waals surface area contributed by atoms with Gasteiger partial charge in [-0.25, -0.2) is 4.79 Å². The van der Waals surface area contributed by atoms with Gasteiger partial charge in [0, 0.05) is 23.5 Å². The van der Waals surface area contributed by atoms with E-state index < -0.39 is 0 Å². The Morgan fingerprint density at radius 2 is 1.37 bits per heavy atom. The van der Waals surface area contributed by atoms with Crippen LogP contribution in [0.1, 0.15) is 110 Å². The third-order valence-corrected chi connectivity index (χ3v) is 6.93. The molecule has 0 aromatic heterocycles. The lowest BCUT2D eigenvalue weighted by Crippen LogP contribution is -2.35. The molecule has 1 atom stereocenters. The molecule has 1 rings (SSSR count). The maximum atomic E-state index is 11.7. The topological polar surface area (TPSA) is 38.3 Å². The molecule has 0 aliphatic carbocycles. The zero-order valence-electron chi connectivity index (χ0n) is 18.1. The molecule has 0 aromatic rings. The minimum atomic E-state index is -0.232. The number of carbonyl (C=O) groups excluding carboxylic acids is 1. The Kier molecular flexibility index (Phi) is 16.2. The highest BCUT2D eigenvalue weighted by Crippen LogP contribution is 2.24. The third kappa shape index (κ3) is 15.2. The number of ether oxygens (including phenoxy) is 1. The number of thioether (sulfide) groups is 1. The van der Waals surface area contributed by atoms with E-state index in [0.29, 0.717) is 12.5 Å². The second-order valence-electron chi connectivity index (χ2n) is 8.43. The molecule has 0 aromatic carbocycles. The first-order chi connectivity index (χ1) is 13.2. The summed E-state index contributed by atoms with van der Waals surface area (Å²) < 4.78 is 5.28. The Hall–Kier alpha value is -0.380. The molecule has 1 fully saturated rings. The summed E-state index contributed by atoms with van der Waals surface area (Å²) in [7, 11) is 0. The molecule has 4 heteroatoms. The van der Waals surface area contributed by atoms with Gasteiger partial charge >= 0.3 is 6.09 Å². The van der Waals surface area contributed by atoms with Crippen LogP contribution in [0.3, 0.4) is 0 Å². The van der Waals surface area contributed by atoms with E-state index in [1.807, 2.05) is 11.8 Å². The van der Waals surface area contributed by atoms with E-state index >= 15 is 0 Å². The quantitative estimate of drug-likeness (QED) is 0.245. The molecule has 1 aliphatic rings. The van der Waals surface area contributed by atoms with E-state index in [4.69, 9.17) is 4.74 Å². The van der Waals surface area contributed by atoms with Crippen molar-refractivity contribution in [3.8, 4) is 0 Å². The fourth-order valence-electron chi connectivity index (χ4n) is 3.53. The van der Waals surface area contributed by atoms with Crippen molar-refractivity contribution in [1.82, 2.24) is 5.32 Å². The summed E-state index contributed by atoms with van der Waals surface area (Å²) >= 11 is 1.93. The van der Waals surface area contributed by atoms with Gasteiger partial charge in [-0.15, -0.1) is 0 Å². The average molecular weight is 400 g/mol. The summed E-state index contributed by atoms with van der Waals surface area (Å²) in [5, 5.41) is 2.96. The van der Waals surface area contributed by atoms with Crippen molar-refractivity contribution in [2.24, 2.45) is 5.92 Å². The molecule has 0 spiro atoms. The van der Waals surface area contributed by atoms with Crippen molar-refractivity contribution in [2.75, 3.05) is 18.1 Å². The molecule has 1 aliphatic heterocycles. The maximum Gasteiger partial charge on any atom is 0.407 e. The molecule has 1 amide bonds. The molecule has 160 valence electrons. The summed E-state index contributed by atoms with van der Waals surface area (Å²) in [6.45, 7) is 4.96. The molecular weight excluding hydrogens is 354 g/mol. The fourth-order valence-corrected chi connectivity index (χ4v) is 4.30. The maximum absolute atomic E-state index is 11.7. The van der Waals surface area contributed by atoms with E-state index in [0.717, 1.165) is 17.9 Å². The lowest BCUT2D eigenvalue weighted by molar-refractivity contribution is 0.129. The molecule has 0 radical (unpaired) electrons. The van der Waals surface area contributed by atoms with Crippen LogP contribution in [0.5, 0.6) is 0 Å². The number of unbranched alkanes of at least 4 members (excludes halogenated alkanes) is 13. The standard InChI is InChI=1S/C23H45NO2S/c1-3-4-5-6-7-8-9-10-11-12-13-14-15-16-17-21(2)24-23(25)26-18-22-19-27-20-22/h21-22H,3-20H2,1-2H3,(H,24,25). The van der Waals surface area contributed by atoms with Crippen molar-refractivity contribution in [3.05, 3.63) is 0 Å². The Bertz CT molecular complexity index is 347. The van der Waals surface area contributed by atoms with E-state index in [1.54, 1.807) is 0 Å². The lowest BCUT2D eigenvalue weighted by Gasteiger charge is -2.24. The van der Waals surface area contributed by atoms with Gasteiger partial charge in [-0.05, 0) is 13.3 Å². The highest BCUT2D eigenvalue weighted by Gasteiger charge is 2.20. The van der Waals surface area contributed by atoms with Crippen LogP contribution in [0.25, 0.3) is 0 Å². The first-order valence-corrected chi connectivity index (χ1v) is 12.9. The SMILES string of the molecule is CCCCCCCCCCCCCCCCC(C)NC(=O)OCC1CSC1. The summed E-state index contributed by atoms with van der Waals surface area (Å²) in [5.74, 6) is 2.87. The van der Waals surface area contributed by atoms with Gasteiger partial charge in [-0.1, -0.05) is 96.8 Å². The molecule has 1 unspecified atom stereocenters. The molecule has 0 bridgehead atoms. The fraction of sp³-hybridized carbons (Fsp3) is 0.957. The molecule has 1 saturated heterocycles. The smallest absolute Gasteiger partial charge is 0.407 e. The van der Waals surface area contributed by atoms with Gasteiger partial charge in [0.15, 0.2) is 0 Å². The molecule has 3 nitrogen and oxygen atoms in total. The first kappa shape index (κ1) is 24.7. The number of hydrogen-bond donors (Lipinski definition) is 1. The van der Waals surface area contributed by atoms with E-state index in [9.17, 15) is 4.79 Å². The van der Waals surface area contributed by atoms with Crippen LogP contribution in [0.4, 0.5) is 4.79 Å². The van der Waals surface area contributed by atoms with Crippen LogP contribution in [0, 0.1) is 5.92 Å². The molecule has 1 N–H and O–H groups in total. The lowest BCUT2D eigenvalue weighted by atomic mass is 10.0. The van der Waals surface area contributed by atoms with Crippen LogP contribution in [0.15, 0.2) is 0 Å². The Morgan fingerprint density at radius 3 is 1.81 bits per heavy atom. The molecule has 1 heterocycles. The summed E-state index contributed by atoms with van der Waals surface area (Å²) in [6.07, 6.45) is 20.2. The summed E-state index contributed by atoms with van der Waals surface area (Å²) in [5.41, 5.74) is 0. The predicted molar refractivity (Wildman–Crippen MR) is 120 cm³/mol. The zero-order chi connectivity index (χ0) is 19.6. The van der Waals surface area contributed by atoms with E-state index in [2.05, 4.69) is 19.2 Å². The second kappa shape index (κ2) is 17.7. The summed E-state index contributed by atoms with van der Waals surface area (Å²) in [4.78, 5) is 11.7. The molecule has 27 heavy (non-hydrogen) atoms. The Morgan fingerprint density at radius 1 is 0.889 bits per heavy atom. The van der Waals surface area contributed by atoms with Gasteiger partial charge in [0.2, 0.25) is 0 Å². The van der Waals surface area contributed by atoms with Gasteiger partial charge in [-0.2, -0.15) is 11.8 Å². The van der Waals surface area contributed by atoms with E-state index in [1.165, 1.54) is 89.9 Å². The number of alkyl carbamates (subject to hydrolysis) is 1. The highest BCUT2D eigenvalue weighted by atomic mass is 32.2. The zero-order valence-corrected chi connectivity index (χ0v) is 18.9. The third-order valence-electron chi connectivity index (χ3n) is 5.51. The number of nitrogens with one attached hydrogen (secondary N) is 1. The van der Waals surface area contributed by atoms with Gasteiger partial charge in [0.05, 0.1) is 6.61 Å². The van der Waals surface area contributed by atoms with Crippen molar-refractivity contribution < 1.29 is 9.53 Å². The summed E-state index contributed by atoms with van der Waals surface area (Å²) in [6, 6.07) is 0.227. The number of rotatable bonds is 18. The van der Waals surface area contributed by atoms with Crippen LogP contribution >= 0.6 is 11.8 Å².